The molecule has 2 N–H and O–H groups in total. The van der Waals surface area contributed by atoms with E-state index in [-0.39, 0.29) is 5.97 Å². The van der Waals surface area contributed by atoms with Crippen molar-refractivity contribution in [2.24, 2.45) is 0 Å². The van der Waals surface area contributed by atoms with Crippen molar-refractivity contribution in [3.05, 3.63) is 35.0 Å². The minimum absolute atomic E-state index is 0.367. The van der Waals surface area contributed by atoms with Gasteiger partial charge in [0.05, 0.1) is 22.6 Å². The molecule has 2 aromatic rings. The third-order valence-electron chi connectivity index (χ3n) is 3.94. The summed E-state index contributed by atoms with van der Waals surface area (Å²) < 4.78 is 4.85. The second-order valence-corrected chi connectivity index (χ2v) is 6.40. The molecule has 1 aromatic heterocycles. The molecule has 0 amide bonds. The summed E-state index contributed by atoms with van der Waals surface area (Å²) in [4.78, 5) is 17.5. The number of nitrogens with two attached hydrogens (primary N) is 1. The first kappa shape index (κ1) is 14.1. The van der Waals surface area contributed by atoms with Gasteiger partial charge in [0.1, 0.15) is 0 Å². The first-order valence-electron chi connectivity index (χ1n) is 7.13. The Kier molecular flexibility index (Phi) is 3.92. The predicted octanol–water partition coefficient (Wildman–Crippen LogP) is 3.84. The van der Waals surface area contributed by atoms with Crippen molar-refractivity contribution in [2.45, 2.75) is 31.6 Å². The van der Waals surface area contributed by atoms with Crippen LogP contribution >= 0.6 is 11.3 Å². The van der Waals surface area contributed by atoms with E-state index in [1.54, 1.807) is 23.5 Å². The zero-order valence-corrected chi connectivity index (χ0v) is 12.8. The number of carbonyl (C=O) groups excluding carboxylic acids is 1. The van der Waals surface area contributed by atoms with E-state index in [0.29, 0.717) is 17.2 Å². The van der Waals surface area contributed by atoms with Crippen molar-refractivity contribution in [2.75, 3.05) is 12.8 Å². The molecule has 1 aliphatic rings. The highest BCUT2D eigenvalue weighted by Crippen LogP contribution is 2.39. The monoisotopic (exact) mass is 302 g/mol. The zero-order valence-electron chi connectivity index (χ0n) is 12.0. The lowest BCUT2D eigenvalue weighted by Crippen LogP contribution is -2.04. The maximum Gasteiger partial charge on any atom is 0.338 e. The number of anilines is 1. The molecule has 0 bridgehead atoms. The lowest BCUT2D eigenvalue weighted by molar-refractivity contribution is 0.0601. The third-order valence-corrected chi connectivity index (χ3v) is 5.14. The summed E-state index contributed by atoms with van der Waals surface area (Å²) in [6.45, 7) is 0. The van der Waals surface area contributed by atoms with E-state index in [2.05, 4.69) is 4.98 Å². The summed E-state index contributed by atoms with van der Waals surface area (Å²) in [7, 11) is 1.38. The molecule has 0 saturated heterocycles. The van der Waals surface area contributed by atoms with Crippen LogP contribution in [0.3, 0.4) is 0 Å². The maximum absolute atomic E-state index is 11.9. The number of rotatable bonds is 3. The number of nitrogens with zero attached hydrogens (tertiary/aromatic N) is 1. The number of carbonyl (C=O) groups is 1. The molecule has 0 radical (unpaired) electrons. The SMILES string of the molecule is COC(=O)c1cc(N)ccc1-c1cnc(C2CCCC2)s1. The smallest absolute Gasteiger partial charge is 0.338 e. The normalized spacial score (nSPS) is 15.3. The largest absolute Gasteiger partial charge is 0.465 e. The van der Waals surface area contributed by atoms with Crippen LogP contribution in [-0.2, 0) is 4.74 Å². The average molecular weight is 302 g/mol. The quantitative estimate of drug-likeness (QED) is 0.691. The van der Waals surface area contributed by atoms with Gasteiger partial charge in [-0.1, -0.05) is 18.9 Å². The van der Waals surface area contributed by atoms with Crippen molar-refractivity contribution >= 4 is 23.0 Å². The van der Waals surface area contributed by atoms with Gasteiger partial charge in [0.25, 0.3) is 0 Å². The molecule has 3 rings (SSSR count). The molecule has 110 valence electrons. The lowest BCUT2D eigenvalue weighted by Gasteiger charge is -2.07. The number of thiazole rings is 1. The van der Waals surface area contributed by atoms with Gasteiger partial charge >= 0.3 is 5.97 Å². The number of ether oxygens (including phenoxy) is 1. The zero-order chi connectivity index (χ0) is 14.8. The summed E-state index contributed by atoms with van der Waals surface area (Å²) >= 11 is 1.67. The highest BCUT2D eigenvalue weighted by Gasteiger charge is 2.22. The highest BCUT2D eigenvalue weighted by atomic mass is 32.1. The molecule has 1 aliphatic carbocycles. The van der Waals surface area contributed by atoms with Crippen molar-refractivity contribution in [3.63, 3.8) is 0 Å². The molecule has 4 nitrogen and oxygen atoms in total. The van der Waals surface area contributed by atoms with Gasteiger partial charge in [0.2, 0.25) is 0 Å². The molecule has 1 fully saturated rings. The molecular weight excluding hydrogens is 284 g/mol. The number of nitrogen functional groups attached to an aromatic ring is 1. The van der Waals surface area contributed by atoms with Crippen LogP contribution in [0, 0.1) is 0 Å². The van der Waals surface area contributed by atoms with Crippen molar-refractivity contribution in [1.82, 2.24) is 4.98 Å². The Morgan fingerprint density at radius 2 is 2.14 bits per heavy atom. The lowest BCUT2D eigenvalue weighted by atomic mass is 10.1. The summed E-state index contributed by atoms with van der Waals surface area (Å²) in [6, 6.07) is 5.33. The van der Waals surface area contributed by atoms with Gasteiger partial charge < -0.3 is 10.5 Å². The maximum atomic E-state index is 11.9. The molecule has 0 unspecified atom stereocenters. The molecule has 0 atom stereocenters. The van der Waals surface area contributed by atoms with Crippen LogP contribution < -0.4 is 5.73 Å². The molecular formula is C16H18N2O2S. The van der Waals surface area contributed by atoms with E-state index in [1.165, 1.54) is 37.8 Å². The van der Waals surface area contributed by atoms with E-state index in [0.717, 1.165) is 10.4 Å². The van der Waals surface area contributed by atoms with Crippen LogP contribution in [0.2, 0.25) is 0 Å². The van der Waals surface area contributed by atoms with E-state index in [4.69, 9.17) is 10.5 Å². The first-order chi connectivity index (χ1) is 10.2. The van der Waals surface area contributed by atoms with Crippen LogP contribution in [-0.4, -0.2) is 18.1 Å². The van der Waals surface area contributed by atoms with Gasteiger partial charge in [0.15, 0.2) is 0 Å². The fourth-order valence-electron chi connectivity index (χ4n) is 2.83. The third kappa shape index (κ3) is 2.78. The Labute approximate surface area is 128 Å². The number of hydrogen-bond acceptors (Lipinski definition) is 5. The van der Waals surface area contributed by atoms with Crippen LogP contribution in [0.4, 0.5) is 5.69 Å². The standard InChI is InChI=1S/C16H18N2O2S/c1-20-16(19)13-8-11(17)6-7-12(13)14-9-18-15(21-14)10-4-2-3-5-10/h6-10H,2-5,17H2,1H3. The van der Waals surface area contributed by atoms with E-state index in [1.807, 2.05) is 12.3 Å². The molecule has 0 spiro atoms. The van der Waals surface area contributed by atoms with E-state index < -0.39 is 0 Å². The summed E-state index contributed by atoms with van der Waals surface area (Å²) in [5.41, 5.74) is 7.68. The molecule has 5 heteroatoms. The van der Waals surface area contributed by atoms with Crippen molar-refractivity contribution < 1.29 is 9.53 Å². The molecule has 1 aromatic carbocycles. The predicted molar refractivity (Wildman–Crippen MR) is 84.5 cm³/mol. The molecule has 21 heavy (non-hydrogen) atoms. The van der Waals surface area contributed by atoms with Crippen LogP contribution in [0.1, 0.15) is 47.0 Å². The highest BCUT2D eigenvalue weighted by molar-refractivity contribution is 7.15. The number of aromatic nitrogens is 1. The fraction of sp³-hybridized carbons (Fsp3) is 0.375. The van der Waals surface area contributed by atoms with Gasteiger partial charge in [-0.3, -0.25) is 0 Å². The first-order valence-corrected chi connectivity index (χ1v) is 7.94. The number of methoxy groups -OCH3 is 1. The fourth-order valence-corrected chi connectivity index (χ4v) is 3.96. The van der Waals surface area contributed by atoms with Crippen LogP contribution in [0.25, 0.3) is 10.4 Å². The topological polar surface area (TPSA) is 65.2 Å². The van der Waals surface area contributed by atoms with Crippen molar-refractivity contribution in [3.8, 4) is 10.4 Å². The van der Waals surface area contributed by atoms with Gasteiger partial charge in [-0.2, -0.15) is 0 Å². The Bertz CT molecular complexity index is 660. The minimum atomic E-state index is -0.367. The second-order valence-electron chi connectivity index (χ2n) is 5.34. The number of esters is 1. The van der Waals surface area contributed by atoms with E-state index >= 15 is 0 Å². The van der Waals surface area contributed by atoms with Gasteiger partial charge in [-0.15, -0.1) is 11.3 Å². The summed E-state index contributed by atoms with van der Waals surface area (Å²) in [6.07, 6.45) is 6.87. The van der Waals surface area contributed by atoms with Gasteiger partial charge in [-0.25, -0.2) is 9.78 Å². The number of benzene rings is 1. The Morgan fingerprint density at radius 3 is 2.86 bits per heavy atom. The molecule has 1 heterocycles. The minimum Gasteiger partial charge on any atom is -0.465 e. The van der Waals surface area contributed by atoms with E-state index in [9.17, 15) is 4.79 Å². The van der Waals surface area contributed by atoms with Gasteiger partial charge in [0, 0.05) is 23.4 Å². The van der Waals surface area contributed by atoms with Crippen molar-refractivity contribution in [1.29, 1.82) is 0 Å². The average Bonchev–Trinajstić information content (AvgIpc) is 3.16. The second kappa shape index (κ2) is 5.85. The number of hydrogen-bond donors (Lipinski definition) is 1. The van der Waals surface area contributed by atoms with Crippen LogP contribution in [0.15, 0.2) is 24.4 Å². The Balaban J connectivity index is 1.98. The summed E-state index contributed by atoms with van der Waals surface area (Å²) in [5.74, 6) is 0.215. The molecule has 1 saturated carbocycles. The van der Waals surface area contributed by atoms with Crippen LogP contribution in [0.5, 0.6) is 0 Å². The summed E-state index contributed by atoms with van der Waals surface area (Å²) in [5, 5.41) is 1.18. The van der Waals surface area contributed by atoms with Gasteiger partial charge in [-0.05, 0) is 25.0 Å². The Morgan fingerprint density at radius 1 is 1.38 bits per heavy atom. The molecule has 0 aliphatic heterocycles. The Hall–Kier alpha value is -1.88.